The Bertz CT molecular complexity index is 1770. The van der Waals surface area contributed by atoms with Crippen LogP contribution in [0.2, 0.25) is 0 Å². The van der Waals surface area contributed by atoms with Gasteiger partial charge in [0.25, 0.3) is 0 Å². The molecule has 0 fully saturated rings. The van der Waals surface area contributed by atoms with Gasteiger partial charge in [0.05, 0.1) is 19.8 Å². The van der Waals surface area contributed by atoms with Gasteiger partial charge in [-0.05, 0) is 122 Å². The number of allylic oxidation sites excluding steroid dienone is 20. The van der Waals surface area contributed by atoms with Crippen LogP contribution < -0.4 is 0 Å². The third-order valence-corrected chi connectivity index (χ3v) is 13.3. The first kappa shape index (κ1) is 73.9. The number of phosphoric acid groups is 1. The van der Waals surface area contributed by atoms with Gasteiger partial charge in [-0.15, -0.1) is 0 Å². The van der Waals surface area contributed by atoms with Crippen molar-refractivity contribution >= 4 is 25.7 Å². The van der Waals surface area contributed by atoms with Crippen LogP contribution in [0, 0.1) is 0 Å². The topological polar surface area (TPSA) is 155 Å². The van der Waals surface area contributed by atoms with Gasteiger partial charge >= 0.3 is 25.7 Å². The molecule has 2 N–H and O–H groups in total. The minimum absolute atomic E-state index is 0.132. The van der Waals surface area contributed by atoms with Gasteiger partial charge in [0.1, 0.15) is 12.7 Å². The lowest BCUT2D eigenvalue weighted by Gasteiger charge is -2.21. The molecule has 0 aliphatic heterocycles. The molecular weight excluding hydrogens is 1000 g/mol. The molecule has 0 aliphatic rings. The number of hydrogen-bond donors (Lipinski definition) is 2. The van der Waals surface area contributed by atoms with E-state index in [9.17, 15) is 28.9 Å². The van der Waals surface area contributed by atoms with E-state index in [1.807, 2.05) is 6.08 Å². The summed E-state index contributed by atoms with van der Waals surface area (Å²) in [5.74, 6) is -1.57. The highest BCUT2D eigenvalue weighted by Gasteiger charge is 2.28. The molecule has 12 heteroatoms. The summed E-state index contributed by atoms with van der Waals surface area (Å²) in [6.07, 6.45) is 73.0. The van der Waals surface area contributed by atoms with Gasteiger partial charge in [0, 0.05) is 19.3 Å². The number of unbranched alkanes of at least 4 members (excludes halogenated alkanes) is 18. The fourth-order valence-electron chi connectivity index (χ4n) is 7.79. The molecule has 3 atom stereocenters. The molecule has 0 spiro atoms. The fourth-order valence-corrected chi connectivity index (χ4v) is 8.57. The number of rotatable bonds is 55. The van der Waals surface area contributed by atoms with Crippen LogP contribution in [0.4, 0.5) is 0 Å². The summed E-state index contributed by atoms with van der Waals surface area (Å²) in [5, 5.41) is 9.83. The molecule has 0 saturated carbocycles. The Morgan fingerprint density at radius 1 is 0.372 bits per heavy atom. The lowest BCUT2D eigenvalue weighted by atomic mass is 10.1. The average Bonchev–Trinajstić information content (AvgIpc) is 3.43. The number of esters is 3. The molecular formula is C66H109O11P. The number of hydrogen-bond acceptors (Lipinski definition) is 10. The molecule has 0 aromatic heterocycles. The maximum Gasteiger partial charge on any atom is 0.472 e. The SMILES string of the molecule is CC/C=C\C/C=C\C/C=C\C/C=C\C/C=C\CCCC(=O)OCC(COP(=O)(O)OCC(CO)OC(=O)CCCCCCC/C=C\CCCCCCCC)OC(=O)CCCCCCCC/C=C\C/C=C\C/C=C\C/C=C\CC. The zero-order chi connectivity index (χ0) is 56.9. The van der Waals surface area contributed by atoms with E-state index in [-0.39, 0.29) is 25.9 Å². The van der Waals surface area contributed by atoms with Crippen LogP contribution in [0.1, 0.15) is 239 Å². The zero-order valence-corrected chi connectivity index (χ0v) is 50.0. The lowest BCUT2D eigenvalue weighted by Crippen LogP contribution is -2.30. The Morgan fingerprint density at radius 3 is 1.08 bits per heavy atom. The summed E-state index contributed by atoms with van der Waals surface area (Å²) in [7, 11) is -4.78. The number of ether oxygens (including phenoxy) is 3. The van der Waals surface area contributed by atoms with Gasteiger partial charge in [0.2, 0.25) is 0 Å². The van der Waals surface area contributed by atoms with Gasteiger partial charge in [-0.1, -0.05) is 219 Å². The molecule has 0 bridgehead atoms. The highest BCUT2D eigenvalue weighted by molar-refractivity contribution is 7.47. The van der Waals surface area contributed by atoms with Crippen molar-refractivity contribution in [3.05, 3.63) is 122 Å². The van der Waals surface area contributed by atoms with Crippen molar-refractivity contribution in [2.45, 2.75) is 251 Å². The van der Waals surface area contributed by atoms with Crippen molar-refractivity contribution in [1.82, 2.24) is 0 Å². The molecule has 0 saturated heterocycles. The number of carbonyl (C=O) groups is 3. The fraction of sp³-hybridized carbons (Fsp3) is 0.652. The lowest BCUT2D eigenvalue weighted by molar-refractivity contribution is -0.161. The maximum absolute atomic E-state index is 12.9. The van der Waals surface area contributed by atoms with E-state index in [4.69, 9.17) is 23.3 Å². The summed E-state index contributed by atoms with van der Waals surface area (Å²) in [4.78, 5) is 48.6. The Balaban J connectivity index is 4.84. The molecule has 444 valence electrons. The van der Waals surface area contributed by atoms with Crippen molar-refractivity contribution in [1.29, 1.82) is 0 Å². The van der Waals surface area contributed by atoms with E-state index in [0.717, 1.165) is 135 Å². The Labute approximate surface area is 475 Å². The monoisotopic (exact) mass is 1110 g/mol. The summed E-state index contributed by atoms with van der Waals surface area (Å²) in [5.41, 5.74) is 0. The largest absolute Gasteiger partial charge is 0.472 e. The van der Waals surface area contributed by atoms with Crippen molar-refractivity contribution in [3.63, 3.8) is 0 Å². The van der Waals surface area contributed by atoms with Crippen molar-refractivity contribution < 1.29 is 52.2 Å². The van der Waals surface area contributed by atoms with E-state index in [1.54, 1.807) is 0 Å². The van der Waals surface area contributed by atoms with E-state index in [1.165, 1.54) is 38.5 Å². The molecule has 0 rings (SSSR count). The van der Waals surface area contributed by atoms with Crippen LogP contribution in [-0.4, -0.2) is 66.5 Å². The first-order chi connectivity index (χ1) is 38.2. The third kappa shape index (κ3) is 56.6. The van der Waals surface area contributed by atoms with Crippen LogP contribution in [0.25, 0.3) is 0 Å². The Morgan fingerprint density at radius 2 is 0.679 bits per heavy atom. The third-order valence-electron chi connectivity index (χ3n) is 12.3. The highest BCUT2D eigenvalue weighted by Crippen LogP contribution is 2.43. The number of aliphatic hydroxyl groups excluding tert-OH is 1. The van der Waals surface area contributed by atoms with E-state index in [2.05, 4.69) is 136 Å². The second kappa shape index (κ2) is 59.0. The Hall–Kier alpha value is -4.12. The number of phosphoric ester groups is 1. The quantitative estimate of drug-likeness (QED) is 0.0197. The average molecular weight is 1110 g/mol. The maximum atomic E-state index is 12.9. The van der Waals surface area contributed by atoms with Gasteiger partial charge < -0.3 is 24.2 Å². The summed E-state index contributed by atoms with van der Waals surface area (Å²) >= 11 is 0. The zero-order valence-electron chi connectivity index (χ0n) is 49.1. The first-order valence-corrected chi connectivity index (χ1v) is 31.9. The second-order valence-electron chi connectivity index (χ2n) is 19.7. The molecule has 0 aliphatic carbocycles. The van der Waals surface area contributed by atoms with Crippen LogP contribution in [-0.2, 0) is 42.2 Å². The molecule has 0 aromatic rings. The van der Waals surface area contributed by atoms with Gasteiger partial charge in [0.15, 0.2) is 6.10 Å². The molecule has 0 radical (unpaired) electrons. The molecule has 0 amide bonds. The molecule has 3 unspecified atom stereocenters. The predicted octanol–water partition coefficient (Wildman–Crippen LogP) is 18.4. The van der Waals surface area contributed by atoms with E-state index in [0.29, 0.717) is 25.7 Å². The van der Waals surface area contributed by atoms with Crippen LogP contribution >= 0.6 is 7.82 Å². The summed E-state index contributed by atoms with van der Waals surface area (Å²) < 4.78 is 39.5. The minimum Gasteiger partial charge on any atom is -0.462 e. The predicted molar refractivity (Wildman–Crippen MR) is 325 cm³/mol. The highest BCUT2D eigenvalue weighted by atomic mass is 31.2. The summed E-state index contributed by atoms with van der Waals surface area (Å²) in [6.45, 7) is 4.32. The minimum atomic E-state index is -4.78. The molecule has 78 heavy (non-hydrogen) atoms. The van der Waals surface area contributed by atoms with E-state index >= 15 is 0 Å². The molecule has 0 heterocycles. The number of carbonyl (C=O) groups excluding carboxylic acids is 3. The Kier molecular flexibility index (Phi) is 55.9. The standard InChI is InChI=1S/C66H109O11P/c1-4-7-10-13-16-19-22-25-28-30-31-33-36-39-42-45-48-51-54-57-66(70)77-63(59-73-64(68)55-52-49-46-43-40-37-35-32-29-26-23-20-17-14-11-8-5-2)61-75-78(71,72)74-60-62(58-67)76-65(69)56-53-50-47-44-41-38-34-27-24-21-18-15-12-9-6-3/h7-8,10-11,16-17,19-20,25-29,31,33-35,37,43,46,62-63,67H,4-6,9,12-15,18,21-24,30,32,36,38-42,44-45,47-61H2,1-3H3,(H,71,72)/b10-7-,11-8-,19-16-,20-17-,28-25-,29-26-,33-31-,34-27-,37-35-,46-43-. The van der Waals surface area contributed by atoms with Crippen LogP contribution in [0.5, 0.6) is 0 Å². The molecule has 0 aromatic carbocycles. The van der Waals surface area contributed by atoms with Gasteiger partial charge in [-0.25, -0.2) is 4.57 Å². The van der Waals surface area contributed by atoms with Crippen LogP contribution in [0.15, 0.2) is 122 Å². The van der Waals surface area contributed by atoms with E-state index < -0.39 is 57.8 Å². The van der Waals surface area contributed by atoms with Gasteiger partial charge in [-0.2, -0.15) is 0 Å². The normalized spacial score (nSPS) is 14.2. The number of aliphatic hydroxyl groups is 1. The van der Waals surface area contributed by atoms with Crippen molar-refractivity contribution in [3.8, 4) is 0 Å². The van der Waals surface area contributed by atoms with Crippen molar-refractivity contribution in [2.75, 3.05) is 26.4 Å². The van der Waals surface area contributed by atoms with Crippen molar-refractivity contribution in [2.24, 2.45) is 0 Å². The van der Waals surface area contributed by atoms with Crippen LogP contribution in [0.3, 0.4) is 0 Å². The molecule has 11 nitrogen and oxygen atoms in total. The second-order valence-corrected chi connectivity index (χ2v) is 21.2. The smallest absolute Gasteiger partial charge is 0.462 e. The summed E-state index contributed by atoms with van der Waals surface area (Å²) in [6, 6.07) is 0. The van der Waals surface area contributed by atoms with Gasteiger partial charge in [-0.3, -0.25) is 23.4 Å². The first-order valence-electron chi connectivity index (χ1n) is 30.4.